The Hall–Kier alpha value is -1.77. The van der Waals surface area contributed by atoms with E-state index in [-0.39, 0.29) is 0 Å². The minimum atomic E-state index is -0.864. The molecule has 0 aliphatic rings. The first kappa shape index (κ1) is 13.7. The molecule has 0 unspecified atom stereocenters. The van der Waals surface area contributed by atoms with Crippen molar-refractivity contribution < 1.29 is 9.90 Å². The maximum atomic E-state index is 11.4. The lowest BCUT2D eigenvalue weighted by atomic mass is 9.96. The molecule has 0 aliphatic carbocycles. The second-order valence-electron chi connectivity index (χ2n) is 5.37. The molecule has 3 nitrogen and oxygen atoms in total. The average Bonchev–Trinajstić information content (AvgIpc) is 2.77. The van der Waals surface area contributed by atoms with E-state index in [1.807, 2.05) is 6.20 Å². The number of fused-ring (bicyclic) bond motifs is 1. The summed E-state index contributed by atoms with van der Waals surface area (Å²) in [5.74, 6) is -0.534. The largest absolute Gasteiger partial charge is 0.478 e. The number of carboxylic acids is 1. The molecule has 0 radical (unpaired) electrons. The van der Waals surface area contributed by atoms with Crippen LogP contribution < -0.4 is 0 Å². The third-order valence-corrected chi connectivity index (χ3v) is 3.59. The second kappa shape index (κ2) is 5.47. The third-order valence-electron chi connectivity index (χ3n) is 3.59. The number of carbonyl (C=O) groups is 1. The Morgan fingerprint density at radius 1 is 1.37 bits per heavy atom. The molecule has 0 bridgehead atoms. The lowest BCUT2D eigenvalue weighted by Crippen LogP contribution is -2.00. The van der Waals surface area contributed by atoms with Gasteiger partial charge >= 0.3 is 5.97 Å². The molecule has 2 N–H and O–H groups in total. The van der Waals surface area contributed by atoms with Crippen LogP contribution in [0.5, 0.6) is 0 Å². The molecule has 0 atom stereocenters. The Morgan fingerprint density at radius 3 is 2.68 bits per heavy atom. The number of hydrogen-bond donors (Lipinski definition) is 2. The van der Waals surface area contributed by atoms with E-state index in [9.17, 15) is 9.90 Å². The number of aromatic nitrogens is 1. The van der Waals surface area contributed by atoms with Gasteiger partial charge < -0.3 is 10.1 Å². The third kappa shape index (κ3) is 2.65. The monoisotopic (exact) mass is 259 g/mol. The van der Waals surface area contributed by atoms with Crippen LogP contribution in [0.1, 0.15) is 61.0 Å². The molecule has 19 heavy (non-hydrogen) atoms. The SMILES string of the molecule is CCCCc1c[nH]c2c(C(=O)O)cc(C(C)C)cc12. The van der Waals surface area contributed by atoms with Crippen LogP contribution in [0.25, 0.3) is 10.9 Å². The standard InChI is InChI=1S/C16H21NO2/c1-4-5-6-11-9-17-15-13(11)7-12(10(2)3)8-14(15)16(18)19/h7-10,17H,4-6H2,1-3H3,(H,18,19). The van der Waals surface area contributed by atoms with Gasteiger partial charge in [-0.25, -0.2) is 4.79 Å². The number of benzene rings is 1. The Labute approximate surface area is 113 Å². The van der Waals surface area contributed by atoms with Crippen LogP contribution >= 0.6 is 0 Å². The minimum Gasteiger partial charge on any atom is -0.478 e. The van der Waals surface area contributed by atoms with Crippen molar-refractivity contribution in [3.63, 3.8) is 0 Å². The lowest BCUT2D eigenvalue weighted by Gasteiger charge is -2.09. The van der Waals surface area contributed by atoms with Gasteiger partial charge in [0.05, 0.1) is 11.1 Å². The fourth-order valence-electron chi connectivity index (χ4n) is 2.39. The van der Waals surface area contributed by atoms with Crippen molar-refractivity contribution in [3.05, 3.63) is 35.0 Å². The summed E-state index contributed by atoms with van der Waals surface area (Å²) in [5.41, 5.74) is 3.44. The fourth-order valence-corrected chi connectivity index (χ4v) is 2.39. The summed E-state index contributed by atoms with van der Waals surface area (Å²) in [6.07, 6.45) is 5.22. The Balaban J connectivity index is 2.60. The molecule has 1 heterocycles. The van der Waals surface area contributed by atoms with Crippen molar-refractivity contribution in [2.75, 3.05) is 0 Å². The predicted molar refractivity (Wildman–Crippen MR) is 78.0 cm³/mol. The van der Waals surface area contributed by atoms with Crippen molar-refractivity contribution in [1.82, 2.24) is 4.98 Å². The molecule has 0 spiro atoms. The summed E-state index contributed by atoms with van der Waals surface area (Å²) in [7, 11) is 0. The van der Waals surface area contributed by atoms with Crippen molar-refractivity contribution in [3.8, 4) is 0 Å². The number of hydrogen-bond acceptors (Lipinski definition) is 1. The molecule has 0 fully saturated rings. The number of H-pyrrole nitrogens is 1. The van der Waals surface area contributed by atoms with E-state index < -0.39 is 5.97 Å². The van der Waals surface area contributed by atoms with Gasteiger partial charge in [0.15, 0.2) is 0 Å². The zero-order valence-corrected chi connectivity index (χ0v) is 11.8. The minimum absolute atomic E-state index is 0.330. The summed E-state index contributed by atoms with van der Waals surface area (Å²) in [5, 5.41) is 10.4. The number of carboxylic acid groups (broad SMARTS) is 1. The van der Waals surface area contributed by atoms with E-state index in [0.29, 0.717) is 11.5 Å². The van der Waals surface area contributed by atoms with E-state index in [4.69, 9.17) is 0 Å². The van der Waals surface area contributed by atoms with Crippen molar-refractivity contribution in [2.45, 2.75) is 46.0 Å². The molecule has 2 rings (SSSR count). The molecule has 0 saturated heterocycles. The van der Waals surface area contributed by atoms with Gasteiger partial charge in [-0.2, -0.15) is 0 Å². The van der Waals surface area contributed by atoms with Crippen LogP contribution in [0.3, 0.4) is 0 Å². The molecule has 2 aromatic rings. The van der Waals surface area contributed by atoms with Gasteiger partial charge in [0.25, 0.3) is 0 Å². The molecule has 0 aliphatic heterocycles. The summed E-state index contributed by atoms with van der Waals surface area (Å²) < 4.78 is 0. The zero-order chi connectivity index (χ0) is 14.0. The molecule has 0 amide bonds. The Morgan fingerprint density at radius 2 is 2.11 bits per heavy atom. The van der Waals surface area contributed by atoms with E-state index >= 15 is 0 Å². The molecule has 1 aromatic heterocycles. The van der Waals surface area contributed by atoms with Crippen molar-refractivity contribution in [1.29, 1.82) is 0 Å². The number of aromatic carboxylic acids is 1. The molecule has 1 aromatic carbocycles. The highest BCUT2D eigenvalue weighted by atomic mass is 16.4. The van der Waals surface area contributed by atoms with Crippen molar-refractivity contribution >= 4 is 16.9 Å². The van der Waals surface area contributed by atoms with Crippen molar-refractivity contribution in [2.24, 2.45) is 0 Å². The zero-order valence-electron chi connectivity index (χ0n) is 11.8. The first-order chi connectivity index (χ1) is 9.04. The Kier molecular flexibility index (Phi) is 3.93. The van der Waals surface area contributed by atoms with Crippen LogP contribution in [0, 0.1) is 0 Å². The molecular weight excluding hydrogens is 238 g/mol. The van der Waals surface area contributed by atoms with Gasteiger partial charge in [-0.15, -0.1) is 0 Å². The van der Waals surface area contributed by atoms with Gasteiger partial charge in [-0.05, 0) is 42.0 Å². The maximum Gasteiger partial charge on any atom is 0.337 e. The summed E-state index contributed by atoms with van der Waals surface area (Å²) in [4.78, 5) is 14.5. The topological polar surface area (TPSA) is 53.1 Å². The van der Waals surface area contributed by atoms with E-state index in [1.165, 1.54) is 5.56 Å². The van der Waals surface area contributed by atoms with Gasteiger partial charge in [-0.3, -0.25) is 0 Å². The maximum absolute atomic E-state index is 11.4. The van der Waals surface area contributed by atoms with Crippen LogP contribution in [0.15, 0.2) is 18.3 Å². The van der Waals surface area contributed by atoms with Crippen LogP contribution in [-0.4, -0.2) is 16.1 Å². The van der Waals surface area contributed by atoms with E-state index in [0.717, 1.165) is 35.7 Å². The van der Waals surface area contributed by atoms with Gasteiger partial charge in [-0.1, -0.05) is 27.2 Å². The molecule has 3 heteroatoms. The quantitative estimate of drug-likeness (QED) is 0.839. The van der Waals surface area contributed by atoms with E-state index in [1.54, 1.807) is 6.07 Å². The van der Waals surface area contributed by atoms with Crippen LogP contribution in [0.4, 0.5) is 0 Å². The summed E-state index contributed by atoms with van der Waals surface area (Å²) in [6, 6.07) is 3.92. The number of aromatic amines is 1. The van der Waals surface area contributed by atoms with Gasteiger partial charge in [0.2, 0.25) is 0 Å². The first-order valence-corrected chi connectivity index (χ1v) is 6.91. The highest BCUT2D eigenvalue weighted by molar-refractivity contribution is 6.03. The van der Waals surface area contributed by atoms with Gasteiger partial charge in [0.1, 0.15) is 0 Å². The summed E-state index contributed by atoms with van der Waals surface area (Å²) in [6.45, 7) is 6.34. The molecular formula is C16H21NO2. The average molecular weight is 259 g/mol. The number of aryl methyl sites for hydroxylation is 1. The lowest BCUT2D eigenvalue weighted by molar-refractivity contribution is 0.0698. The highest BCUT2D eigenvalue weighted by Gasteiger charge is 2.15. The van der Waals surface area contributed by atoms with E-state index in [2.05, 4.69) is 31.8 Å². The predicted octanol–water partition coefficient (Wildman–Crippen LogP) is 4.33. The number of unbranched alkanes of at least 4 members (excludes halogenated alkanes) is 1. The number of rotatable bonds is 5. The smallest absolute Gasteiger partial charge is 0.337 e. The van der Waals surface area contributed by atoms with Crippen LogP contribution in [0.2, 0.25) is 0 Å². The highest BCUT2D eigenvalue weighted by Crippen LogP contribution is 2.28. The molecule has 102 valence electrons. The van der Waals surface area contributed by atoms with Crippen LogP contribution in [-0.2, 0) is 6.42 Å². The normalized spacial score (nSPS) is 11.4. The number of nitrogens with one attached hydrogen (secondary N) is 1. The molecule has 0 saturated carbocycles. The second-order valence-corrected chi connectivity index (χ2v) is 5.37. The Bertz CT molecular complexity index is 596. The first-order valence-electron chi connectivity index (χ1n) is 6.91. The van der Waals surface area contributed by atoms with Gasteiger partial charge in [0, 0.05) is 11.6 Å². The summed E-state index contributed by atoms with van der Waals surface area (Å²) >= 11 is 0. The fraction of sp³-hybridized carbons (Fsp3) is 0.438.